The minimum Gasteiger partial charge on any atom is -0.380 e. The highest BCUT2D eigenvalue weighted by Gasteiger charge is 2.09. The summed E-state index contributed by atoms with van der Waals surface area (Å²) in [6, 6.07) is 14.7. The Morgan fingerprint density at radius 3 is 2.61 bits per heavy atom. The van der Waals surface area contributed by atoms with Crippen molar-refractivity contribution in [1.82, 2.24) is 4.98 Å². The van der Waals surface area contributed by atoms with Crippen LogP contribution in [0.4, 0.5) is 5.69 Å². The summed E-state index contributed by atoms with van der Waals surface area (Å²) in [5.74, 6) is 0. The lowest BCUT2D eigenvalue weighted by atomic mass is 10.0. The molecular formula is C15H17ClN2. The van der Waals surface area contributed by atoms with Gasteiger partial charge < -0.3 is 5.32 Å². The normalized spacial score (nSPS) is 12.1. The third-order valence-corrected chi connectivity index (χ3v) is 3.24. The number of benzene rings is 1. The van der Waals surface area contributed by atoms with E-state index >= 15 is 0 Å². The molecule has 1 atom stereocenters. The number of anilines is 1. The minimum absolute atomic E-state index is 0.370. The first-order chi connectivity index (χ1) is 8.79. The van der Waals surface area contributed by atoms with Crippen molar-refractivity contribution in [2.45, 2.75) is 25.8 Å². The molecule has 1 heterocycles. The highest BCUT2D eigenvalue weighted by Crippen LogP contribution is 2.20. The van der Waals surface area contributed by atoms with E-state index in [1.165, 1.54) is 5.56 Å². The molecule has 18 heavy (non-hydrogen) atoms. The molecular weight excluding hydrogens is 244 g/mol. The fourth-order valence-electron chi connectivity index (χ4n) is 1.91. The van der Waals surface area contributed by atoms with Crippen LogP contribution in [0.15, 0.2) is 48.7 Å². The van der Waals surface area contributed by atoms with Crippen molar-refractivity contribution < 1.29 is 0 Å². The summed E-state index contributed by atoms with van der Waals surface area (Å²) in [5.41, 5.74) is 2.24. The fourth-order valence-corrected chi connectivity index (χ4v) is 2.08. The lowest BCUT2D eigenvalue weighted by Crippen LogP contribution is -2.21. The molecule has 2 rings (SSSR count). The third kappa shape index (κ3) is 3.47. The quantitative estimate of drug-likeness (QED) is 0.817. The van der Waals surface area contributed by atoms with Gasteiger partial charge in [-0.2, -0.15) is 0 Å². The van der Waals surface area contributed by atoms with Gasteiger partial charge in [0.25, 0.3) is 0 Å². The van der Waals surface area contributed by atoms with Gasteiger partial charge in [-0.05, 0) is 30.5 Å². The maximum Gasteiger partial charge on any atom is 0.152 e. The van der Waals surface area contributed by atoms with Gasteiger partial charge in [-0.15, -0.1) is 0 Å². The number of pyridine rings is 1. The zero-order valence-corrected chi connectivity index (χ0v) is 11.2. The molecule has 0 spiro atoms. The summed E-state index contributed by atoms with van der Waals surface area (Å²) in [4.78, 5) is 4.08. The fraction of sp³-hybridized carbons (Fsp3) is 0.267. The lowest BCUT2D eigenvalue weighted by molar-refractivity contribution is 0.690. The summed E-state index contributed by atoms with van der Waals surface area (Å²) in [5, 5.41) is 3.98. The van der Waals surface area contributed by atoms with Crippen molar-refractivity contribution >= 4 is 17.3 Å². The van der Waals surface area contributed by atoms with Crippen LogP contribution in [0.3, 0.4) is 0 Å². The lowest BCUT2D eigenvalue weighted by Gasteiger charge is -2.18. The Labute approximate surface area is 113 Å². The van der Waals surface area contributed by atoms with Crippen LogP contribution in [0.1, 0.15) is 18.9 Å². The van der Waals surface area contributed by atoms with Crippen LogP contribution in [0.2, 0.25) is 5.15 Å². The van der Waals surface area contributed by atoms with E-state index in [4.69, 9.17) is 11.6 Å². The second kappa shape index (κ2) is 6.41. The first kappa shape index (κ1) is 12.9. The van der Waals surface area contributed by atoms with Crippen LogP contribution < -0.4 is 5.32 Å². The van der Waals surface area contributed by atoms with Gasteiger partial charge in [0.2, 0.25) is 0 Å². The SMILES string of the molecule is CCC(Cc1ccccc1)Nc1cccnc1Cl. The topological polar surface area (TPSA) is 24.9 Å². The number of rotatable bonds is 5. The molecule has 0 aliphatic heterocycles. The standard InChI is InChI=1S/C15H17ClN2/c1-2-13(11-12-7-4-3-5-8-12)18-14-9-6-10-17-15(14)16/h3-10,13,18H,2,11H2,1H3. The van der Waals surface area contributed by atoms with Gasteiger partial charge in [-0.1, -0.05) is 48.9 Å². The Kier molecular flexibility index (Phi) is 4.59. The van der Waals surface area contributed by atoms with Gasteiger partial charge in [0.05, 0.1) is 5.69 Å². The van der Waals surface area contributed by atoms with E-state index in [1.807, 2.05) is 18.2 Å². The molecule has 1 aromatic carbocycles. The molecule has 2 nitrogen and oxygen atoms in total. The van der Waals surface area contributed by atoms with Crippen LogP contribution in [0, 0.1) is 0 Å². The van der Waals surface area contributed by atoms with Gasteiger partial charge in [-0.25, -0.2) is 4.98 Å². The monoisotopic (exact) mass is 260 g/mol. The molecule has 1 aromatic heterocycles. The second-order valence-corrected chi connectivity index (χ2v) is 4.64. The van der Waals surface area contributed by atoms with Gasteiger partial charge >= 0.3 is 0 Å². The summed E-state index contributed by atoms with van der Waals surface area (Å²) >= 11 is 6.05. The smallest absolute Gasteiger partial charge is 0.152 e. The number of hydrogen-bond acceptors (Lipinski definition) is 2. The minimum atomic E-state index is 0.370. The Bertz CT molecular complexity index is 485. The predicted octanol–water partition coefficient (Wildman–Crippen LogP) is 4.17. The van der Waals surface area contributed by atoms with Gasteiger partial charge in [-0.3, -0.25) is 0 Å². The third-order valence-electron chi connectivity index (χ3n) is 2.94. The summed E-state index contributed by atoms with van der Waals surface area (Å²) in [6.45, 7) is 2.17. The van der Waals surface area contributed by atoms with E-state index in [9.17, 15) is 0 Å². The van der Waals surface area contributed by atoms with Crippen LogP contribution in [-0.2, 0) is 6.42 Å². The largest absolute Gasteiger partial charge is 0.380 e. The van der Waals surface area contributed by atoms with Crippen LogP contribution in [-0.4, -0.2) is 11.0 Å². The first-order valence-corrected chi connectivity index (χ1v) is 6.58. The van der Waals surface area contributed by atoms with E-state index in [-0.39, 0.29) is 0 Å². The average Bonchev–Trinajstić information content (AvgIpc) is 2.41. The van der Waals surface area contributed by atoms with Gasteiger partial charge in [0.1, 0.15) is 0 Å². The molecule has 0 radical (unpaired) electrons. The molecule has 94 valence electrons. The molecule has 1 N–H and O–H groups in total. The van der Waals surface area contributed by atoms with Gasteiger partial charge in [0, 0.05) is 12.2 Å². The molecule has 1 unspecified atom stereocenters. The number of halogens is 1. The Morgan fingerprint density at radius 2 is 1.94 bits per heavy atom. The molecule has 0 aliphatic carbocycles. The Hall–Kier alpha value is -1.54. The Balaban J connectivity index is 2.04. The molecule has 0 saturated heterocycles. The Morgan fingerprint density at radius 1 is 1.17 bits per heavy atom. The average molecular weight is 261 g/mol. The highest BCUT2D eigenvalue weighted by atomic mass is 35.5. The molecule has 0 fully saturated rings. The maximum atomic E-state index is 6.05. The van der Waals surface area contributed by atoms with Gasteiger partial charge in [0.15, 0.2) is 5.15 Å². The first-order valence-electron chi connectivity index (χ1n) is 6.20. The number of nitrogens with zero attached hydrogens (tertiary/aromatic N) is 1. The van der Waals surface area contributed by atoms with E-state index in [0.717, 1.165) is 18.5 Å². The summed E-state index contributed by atoms with van der Waals surface area (Å²) < 4.78 is 0. The number of nitrogens with one attached hydrogen (secondary N) is 1. The zero-order chi connectivity index (χ0) is 12.8. The molecule has 3 heteroatoms. The van der Waals surface area contributed by atoms with Crippen molar-refractivity contribution in [3.05, 3.63) is 59.4 Å². The van der Waals surface area contributed by atoms with Crippen LogP contribution >= 0.6 is 11.6 Å². The van der Waals surface area contributed by atoms with Crippen LogP contribution in [0.25, 0.3) is 0 Å². The molecule has 2 aromatic rings. The van der Waals surface area contributed by atoms with Crippen molar-refractivity contribution in [3.63, 3.8) is 0 Å². The van der Waals surface area contributed by atoms with Crippen molar-refractivity contribution in [1.29, 1.82) is 0 Å². The molecule has 0 saturated carbocycles. The second-order valence-electron chi connectivity index (χ2n) is 4.28. The molecule has 0 amide bonds. The van der Waals surface area contributed by atoms with E-state index < -0.39 is 0 Å². The van der Waals surface area contributed by atoms with E-state index in [0.29, 0.717) is 11.2 Å². The summed E-state index contributed by atoms with van der Waals surface area (Å²) in [6.07, 6.45) is 3.73. The highest BCUT2D eigenvalue weighted by molar-refractivity contribution is 6.31. The predicted molar refractivity (Wildman–Crippen MR) is 77.1 cm³/mol. The maximum absolute atomic E-state index is 6.05. The molecule has 0 bridgehead atoms. The number of hydrogen-bond donors (Lipinski definition) is 1. The van der Waals surface area contributed by atoms with Crippen LogP contribution in [0.5, 0.6) is 0 Å². The van der Waals surface area contributed by atoms with Crippen molar-refractivity contribution in [2.75, 3.05) is 5.32 Å². The van der Waals surface area contributed by atoms with E-state index in [2.05, 4.69) is 41.5 Å². The van der Waals surface area contributed by atoms with Crippen molar-refractivity contribution in [2.24, 2.45) is 0 Å². The molecule has 0 aliphatic rings. The summed E-state index contributed by atoms with van der Waals surface area (Å²) in [7, 11) is 0. The van der Waals surface area contributed by atoms with Crippen molar-refractivity contribution in [3.8, 4) is 0 Å². The number of aromatic nitrogens is 1. The zero-order valence-electron chi connectivity index (χ0n) is 10.4. The van der Waals surface area contributed by atoms with E-state index in [1.54, 1.807) is 6.20 Å².